The van der Waals surface area contributed by atoms with E-state index in [-0.39, 0.29) is 0 Å². The van der Waals surface area contributed by atoms with Gasteiger partial charge in [0.05, 0.1) is 12.7 Å². The Morgan fingerprint density at radius 3 is 2.73 bits per heavy atom. The lowest BCUT2D eigenvalue weighted by atomic mass is 10.1. The molecule has 2 aliphatic heterocycles. The van der Waals surface area contributed by atoms with Gasteiger partial charge in [-0.05, 0) is 19.4 Å². The fourth-order valence-corrected chi connectivity index (χ4v) is 2.79. The lowest BCUT2D eigenvalue weighted by Crippen LogP contribution is -2.42. The second-order valence-corrected chi connectivity index (χ2v) is 5.90. The molecule has 2 fully saturated rings. The third-order valence-electron chi connectivity index (χ3n) is 3.76. The van der Waals surface area contributed by atoms with Crippen molar-refractivity contribution in [3.05, 3.63) is 35.9 Å². The fraction of sp³-hybridized carbons (Fsp3) is 0.562. The Morgan fingerprint density at radius 1 is 1.32 bits per heavy atom. The number of nitriles is 1. The summed E-state index contributed by atoms with van der Waals surface area (Å²) in [6.45, 7) is 3.92. The number of nitrogens with zero attached hydrogens (tertiary/aromatic N) is 1. The van der Waals surface area contributed by atoms with Gasteiger partial charge in [-0.25, -0.2) is 0 Å². The number of fused-ring (bicyclic) bond motifs is 1. The summed E-state index contributed by atoms with van der Waals surface area (Å²) in [7, 11) is 0. The van der Waals surface area contributed by atoms with Gasteiger partial charge in [0.15, 0.2) is 18.2 Å². The van der Waals surface area contributed by atoms with Gasteiger partial charge in [-0.2, -0.15) is 5.26 Å². The average Bonchev–Trinajstić information content (AvgIpc) is 2.97. The predicted octanol–water partition coefficient (Wildman–Crippen LogP) is 1.33. The van der Waals surface area contributed by atoms with Crippen molar-refractivity contribution in [3.63, 3.8) is 0 Å². The Labute approximate surface area is 129 Å². The van der Waals surface area contributed by atoms with Gasteiger partial charge < -0.3 is 24.1 Å². The van der Waals surface area contributed by atoms with Crippen LogP contribution in [0, 0.1) is 11.3 Å². The van der Waals surface area contributed by atoms with Gasteiger partial charge in [0.2, 0.25) is 0 Å². The topological polar surface area (TPSA) is 80.9 Å². The second kappa shape index (κ2) is 5.95. The van der Waals surface area contributed by atoms with Gasteiger partial charge in [0.25, 0.3) is 0 Å². The number of aliphatic hydroxyl groups is 1. The van der Waals surface area contributed by atoms with E-state index in [4.69, 9.17) is 24.2 Å². The van der Waals surface area contributed by atoms with Gasteiger partial charge in [-0.1, -0.05) is 30.3 Å². The first kappa shape index (κ1) is 15.4. The summed E-state index contributed by atoms with van der Waals surface area (Å²) in [6.07, 6.45) is -3.75. The van der Waals surface area contributed by atoms with Crippen LogP contribution in [0.4, 0.5) is 0 Å². The smallest absolute Gasteiger partial charge is 0.190 e. The number of benzene rings is 1. The quantitative estimate of drug-likeness (QED) is 0.845. The van der Waals surface area contributed by atoms with E-state index in [1.54, 1.807) is 19.9 Å². The average molecular weight is 305 g/mol. The van der Waals surface area contributed by atoms with Crippen molar-refractivity contribution in [2.45, 2.75) is 56.9 Å². The van der Waals surface area contributed by atoms with Crippen LogP contribution in [-0.4, -0.2) is 41.6 Å². The lowest BCUT2D eigenvalue weighted by Gasteiger charge is -2.26. The highest BCUT2D eigenvalue weighted by atomic mass is 16.8. The van der Waals surface area contributed by atoms with Crippen LogP contribution >= 0.6 is 0 Å². The van der Waals surface area contributed by atoms with Crippen molar-refractivity contribution in [1.82, 2.24) is 0 Å². The molecule has 3 rings (SSSR count). The molecule has 6 nitrogen and oxygen atoms in total. The minimum absolute atomic E-state index is 0.344. The van der Waals surface area contributed by atoms with Crippen molar-refractivity contribution >= 4 is 0 Å². The number of ether oxygens (including phenoxy) is 4. The molecule has 0 radical (unpaired) electrons. The van der Waals surface area contributed by atoms with Crippen molar-refractivity contribution in [3.8, 4) is 6.07 Å². The van der Waals surface area contributed by atoms with Crippen LogP contribution in [0.1, 0.15) is 19.4 Å². The van der Waals surface area contributed by atoms with Crippen molar-refractivity contribution in [1.29, 1.82) is 5.26 Å². The normalized spacial score (nSPS) is 34.1. The van der Waals surface area contributed by atoms with E-state index in [2.05, 4.69) is 0 Å². The van der Waals surface area contributed by atoms with Gasteiger partial charge in [0.1, 0.15) is 18.3 Å². The molecule has 0 aliphatic carbocycles. The first-order valence-corrected chi connectivity index (χ1v) is 7.24. The highest BCUT2D eigenvalue weighted by Gasteiger charge is 2.57. The zero-order chi connectivity index (χ0) is 15.7. The van der Waals surface area contributed by atoms with Crippen LogP contribution in [0.5, 0.6) is 0 Å². The molecule has 0 aromatic heterocycles. The van der Waals surface area contributed by atoms with Crippen LogP contribution in [0.3, 0.4) is 0 Å². The molecule has 1 N–H and O–H groups in total. The standard InChI is InChI=1S/C16H19NO5/c1-16(2)21-14-13(19-9-10-6-4-3-5-7-10)12(11(18)8-17)20-15(14)22-16/h3-7,11-15,18H,9H2,1-2H3/t11-,12+,13+,14?,15+/m0/s1. The second-order valence-electron chi connectivity index (χ2n) is 5.90. The number of rotatable bonds is 4. The van der Waals surface area contributed by atoms with E-state index in [9.17, 15) is 5.11 Å². The molecule has 1 aromatic rings. The molecular formula is C16H19NO5. The maximum absolute atomic E-state index is 9.83. The minimum atomic E-state index is -1.29. The Hall–Kier alpha value is -1.49. The van der Waals surface area contributed by atoms with Crippen molar-refractivity contribution in [2.75, 3.05) is 0 Å². The third-order valence-corrected chi connectivity index (χ3v) is 3.76. The van der Waals surface area contributed by atoms with Crippen LogP contribution in [0.25, 0.3) is 0 Å². The van der Waals surface area contributed by atoms with Gasteiger partial charge >= 0.3 is 0 Å². The predicted molar refractivity (Wildman–Crippen MR) is 75.3 cm³/mol. The Balaban J connectivity index is 1.73. The number of hydrogen-bond acceptors (Lipinski definition) is 6. The molecule has 0 saturated carbocycles. The van der Waals surface area contributed by atoms with Crippen LogP contribution in [0.15, 0.2) is 30.3 Å². The largest absolute Gasteiger partial charge is 0.375 e. The molecular weight excluding hydrogens is 286 g/mol. The van der Waals surface area contributed by atoms with E-state index >= 15 is 0 Å². The molecule has 5 atom stereocenters. The van der Waals surface area contributed by atoms with Crippen LogP contribution < -0.4 is 0 Å². The Kier molecular flexibility index (Phi) is 4.17. The highest BCUT2D eigenvalue weighted by Crippen LogP contribution is 2.39. The van der Waals surface area contributed by atoms with E-state index < -0.39 is 36.5 Å². The fourth-order valence-electron chi connectivity index (χ4n) is 2.79. The number of aliphatic hydroxyl groups excluding tert-OH is 1. The molecule has 0 bridgehead atoms. The first-order valence-electron chi connectivity index (χ1n) is 7.24. The molecule has 22 heavy (non-hydrogen) atoms. The highest BCUT2D eigenvalue weighted by molar-refractivity contribution is 5.14. The molecule has 0 amide bonds. The van der Waals surface area contributed by atoms with Crippen LogP contribution in [-0.2, 0) is 25.6 Å². The first-order chi connectivity index (χ1) is 10.5. The molecule has 2 saturated heterocycles. The van der Waals surface area contributed by atoms with E-state index in [0.717, 1.165) is 5.56 Å². The van der Waals surface area contributed by atoms with E-state index in [0.29, 0.717) is 6.61 Å². The maximum Gasteiger partial charge on any atom is 0.190 e. The van der Waals surface area contributed by atoms with E-state index in [1.807, 2.05) is 30.3 Å². The van der Waals surface area contributed by atoms with Crippen molar-refractivity contribution < 1.29 is 24.1 Å². The summed E-state index contributed by atoms with van der Waals surface area (Å²) in [6, 6.07) is 11.4. The summed E-state index contributed by atoms with van der Waals surface area (Å²) in [5.41, 5.74) is 0.995. The summed E-state index contributed by atoms with van der Waals surface area (Å²) >= 11 is 0. The molecule has 6 heteroatoms. The van der Waals surface area contributed by atoms with Gasteiger partial charge in [-0.3, -0.25) is 0 Å². The Bertz CT molecular complexity index is 555. The zero-order valence-electron chi connectivity index (χ0n) is 12.5. The molecule has 118 valence electrons. The summed E-state index contributed by atoms with van der Waals surface area (Å²) in [5, 5.41) is 18.8. The molecule has 1 aromatic carbocycles. The third kappa shape index (κ3) is 3.00. The monoisotopic (exact) mass is 305 g/mol. The van der Waals surface area contributed by atoms with Gasteiger partial charge in [0, 0.05) is 0 Å². The summed E-state index contributed by atoms with van der Waals surface area (Å²) < 4.78 is 23.0. The van der Waals surface area contributed by atoms with Crippen LogP contribution in [0.2, 0.25) is 0 Å². The Morgan fingerprint density at radius 2 is 2.05 bits per heavy atom. The SMILES string of the molecule is CC1(C)OC2[C@H](O[C@H]([C@@H](O)C#N)[C@H]2OCc2ccccc2)O1. The molecule has 1 unspecified atom stereocenters. The molecule has 2 heterocycles. The zero-order valence-corrected chi connectivity index (χ0v) is 12.5. The molecule has 0 spiro atoms. The summed E-state index contributed by atoms with van der Waals surface area (Å²) in [4.78, 5) is 0. The maximum atomic E-state index is 9.83. The molecule has 2 aliphatic rings. The number of hydrogen-bond donors (Lipinski definition) is 1. The van der Waals surface area contributed by atoms with Crippen molar-refractivity contribution in [2.24, 2.45) is 0 Å². The minimum Gasteiger partial charge on any atom is -0.375 e. The lowest BCUT2D eigenvalue weighted by molar-refractivity contribution is -0.227. The van der Waals surface area contributed by atoms with Gasteiger partial charge in [-0.15, -0.1) is 0 Å². The van der Waals surface area contributed by atoms with E-state index in [1.165, 1.54) is 0 Å². The summed E-state index contributed by atoms with van der Waals surface area (Å²) in [5.74, 6) is -0.772.